The maximum Gasteiger partial charge on any atom is 0.198 e. The summed E-state index contributed by atoms with van der Waals surface area (Å²) in [6.45, 7) is 7.09. The molecule has 3 rings (SSSR count). The normalized spacial score (nSPS) is 12.9. The molecule has 1 aliphatic rings. The fourth-order valence-corrected chi connectivity index (χ4v) is 3.09. The molecule has 5 heteroatoms. The summed E-state index contributed by atoms with van der Waals surface area (Å²) in [7, 11) is 0. The van der Waals surface area contributed by atoms with Crippen LogP contribution in [0.5, 0.6) is 11.5 Å². The van der Waals surface area contributed by atoms with Gasteiger partial charge in [-0.15, -0.1) is 0 Å². The average molecular weight is 339 g/mol. The first-order chi connectivity index (χ1) is 12.1. The predicted molar refractivity (Wildman–Crippen MR) is 94.7 cm³/mol. The largest absolute Gasteiger partial charge is 0.504 e. The maximum absolute atomic E-state index is 12.7. The van der Waals surface area contributed by atoms with E-state index < -0.39 is 0 Å². The minimum absolute atomic E-state index is 0.0315. The average Bonchev–Trinajstić information content (AvgIpc) is 2.64. The molecule has 2 aromatic carbocycles. The van der Waals surface area contributed by atoms with Gasteiger partial charge in [0, 0.05) is 23.2 Å². The van der Waals surface area contributed by atoms with Crippen LogP contribution in [0.4, 0.5) is 0 Å². The van der Waals surface area contributed by atoms with Gasteiger partial charge in [-0.1, -0.05) is 38.1 Å². The number of rotatable bonds is 6. The molecule has 0 aliphatic heterocycles. The Morgan fingerprint density at radius 3 is 2.20 bits per heavy atom. The smallest absolute Gasteiger partial charge is 0.198 e. The Kier molecular flexibility index (Phi) is 4.86. The second kappa shape index (κ2) is 7.07. The van der Waals surface area contributed by atoms with Gasteiger partial charge in [-0.2, -0.15) is 0 Å². The number of carbonyl (C=O) groups is 2. The van der Waals surface area contributed by atoms with Gasteiger partial charge >= 0.3 is 0 Å². The van der Waals surface area contributed by atoms with Crippen LogP contribution < -0.4 is 4.74 Å². The first kappa shape index (κ1) is 17.2. The Bertz CT molecular complexity index is 824. The number of likely N-dealkylation sites (N-methyl/N-ethyl adjacent to an activating group) is 1. The highest BCUT2D eigenvalue weighted by molar-refractivity contribution is 6.29. The van der Waals surface area contributed by atoms with Crippen LogP contribution in [0, 0.1) is 0 Å². The van der Waals surface area contributed by atoms with E-state index in [1.54, 1.807) is 36.4 Å². The summed E-state index contributed by atoms with van der Waals surface area (Å²) in [5.74, 6) is -0.636. The quantitative estimate of drug-likeness (QED) is 0.748. The van der Waals surface area contributed by atoms with Crippen LogP contribution in [0.2, 0.25) is 0 Å². The second-order valence-electron chi connectivity index (χ2n) is 5.91. The predicted octanol–water partition coefficient (Wildman–Crippen LogP) is 2.89. The van der Waals surface area contributed by atoms with Crippen molar-refractivity contribution < 1.29 is 19.4 Å². The van der Waals surface area contributed by atoms with Crippen molar-refractivity contribution >= 4 is 11.6 Å². The molecular weight excluding hydrogens is 318 g/mol. The number of hydrogen-bond acceptors (Lipinski definition) is 5. The van der Waals surface area contributed by atoms with E-state index in [0.29, 0.717) is 17.7 Å². The molecule has 1 N–H and O–H groups in total. The van der Waals surface area contributed by atoms with E-state index in [4.69, 9.17) is 4.74 Å². The van der Waals surface area contributed by atoms with Gasteiger partial charge in [0.25, 0.3) is 0 Å². The van der Waals surface area contributed by atoms with Crippen molar-refractivity contribution in [3.8, 4) is 11.5 Å². The zero-order valence-electron chi connectivity index (χ0n) is 14.4. The van der Waals surface area contributed by atoms with Gasteiger partial charge < -0.3 is 14.7 Å². The minimum Gasteiger partial charge on any atom is -0.504 e. The van der Waals surface area contributed by atoms with Crippen molar-refractivity contribution in [3.63, 3.8) is 0 Å². The molecule has 0 saturated carbocycles. The maximum atomic E-state index is 12.7. The van der Waals surface area contributed by atoms with E-state index >= 15 is 0 Å². The Balaban J connectivity index is 1.89. The number of phenolic OH excluding ortho intramolecular Hbond substituents is 1. The highest BCUT2D eigenvalue weighted by Gasteiger charge is 2.33. The van der Waals surface area contributed by atoms with Gasteiger partial charge in [-0.25, -0.2) is 0 Å². The Morgan fingerprint density at radius 1 is 0.920 bits per heavy atom. The Labute approximate surface area is 146 Å². The lowest BCUT2D eigenvalue weighted by Crippen LogP contribution is -2.28. The Morgan fingerprint density at radius 2 is 1.56 bits per heavy atom. The lowest BCUT2D eigenvalue weighted by molar-refractivity contribution is 0.0976. The second-order valence-corrected chi connectivity index (χ2v) is 5.91. The molecule has 0 unspecified atom stereocenters. The van der Waals surface area contributed by atoms with Crippen molar-refractivity contribution in [2.24, 2.45) is 0 Å². The van der Waals surface area contributed by atoms with Gasteiger partial charge in [0.05, 0.1) is 5.56 Å². The van der Waals surface area contributed by atoms with Crippen LogP contribution in [0.1, 0.15) is 45.7 Å². The van der Waals surface area contributed by atoms with Crippen molar-refractivity contribution in [3.05, 3.63) is 58.7 Å². The number of hydrogen-bond donors (Lipinski definition) is 1. The molecule has 0 saturated heterocycles. The van der Waals surface area contributed by atoms with E-state index in [0.717, 1.165) is 19.6 Å². The lowest BCUT2D eigenvalue weighted by Gasteiger charge is -2.21. The van der Waals surface area contributed by atoms with Gasteiger partial charge in [-0.05, 0) is 25.2 Å². The molecule has 0 spiro atoms. The third kappa shape index (κ3) is 3.03. The zero-order valence-corrected chi connectivity index (χ0v) is 14.4. The van der Waals surface area contributed by atoms with E-state index in [-0.39, 0.29) is 34.2 Å². The molecule has 0 bridgehead atoms. The van der Waals surface area contributed by atoms with Crippen molar-refractivity contribution in [1.29, 1.82) is 0 Å². The van der Waals surface area contributed by atoms with Crippen molar-refractivity contribution in [2.45, 2.75) is 13.8 Å². The van der Waals surface area contributed by atoms with Crippen molar-refractivity contribution in [1.82, 2.24) is 4.90 Å². The molecule has 25 heavy (non-hydrogen) atoms. The third-order valence-corrected chi connectivity index (χ3v) is 4.59. The van der Waals surface area contributed by atoms with Crippen LogP contribution in [-0.4, -0.2) is 47.8 Å². The molecule has 1 aliphatic carbocycles. The molecule has 5 nitrogen and oxygen atoms in total. The zero-order chi connectivity index (χ0) is 18.0. The fourth-order valence-electron chi connectivity index (χ4n) is 3.09. The number of ketones is 2. The first-order valence-corrected chi connectivity index (χ1v) is 8.48. The standard InChI is InChI=1S/C20H21NO4/c1-3-21(4-2)11-12-25-16-10-9-15-17(20(16)24)19(23)14-8-6-5-7-13(14)18(15)22/h5-10,24H,3-4,11-12H2,1-2H3. The van der Waals surface area contributed by atoms with Crippen LogP contribution >= 0.6 is 0 Å². The number of phenols is 1. The molecule has 0 amide bonds. The highest BCUT2D eigenvalue weighted by Crippen LogP contribution is 2.38. The van der Waals surface area contributed by atoms with Crippen LogP contribution in [0.25, 0.3) is 0 Å². The summed E-state index contributed by atoms with van der Waals surface area (Å²) < 4.78 is 5.65. The molecule has 0 atom stereocenters. The molecule has 130 valence electrons. The molecule has 0 radical (unpaired) electrons. The summed E-state index contributed by atoms with van der Waals surface area (Å²) >= 11 is 0. The fraction of sp³-hybridized carbons (Fsp3) is 0.300. The summed E-state index contributed by atoms with van der Waals surface area (Å²) in [5, 5.41) is 10.5. The number of aromatic hydroxyl groups is 1. The summed E-state index contributed by atoms with van der Waals surface area (Å²) in [4.78, 5) is 27.5. The molecular formula is C20H21NO4. The molecule has 0 fully saturated rings. The van der Waals surface area contributed by atoms with Crippen LogP contribution in [0.15, 0.2) is 36.4 Å². The van der Waals surface area contributed by atoms with Gasteiger partial charge in [0.2, 0.25) is 0 Å². The third-order valence-electron chi connectivity index (χ3n) is 4.59. The van der Waals surface area contributed by atoms with Gasteiger partial charge in [-0.3, -0.25) is 9.59 Å². The van der Waals surface area contributed by atoms with Crippen molar-refractivity contribution in [2.75, 3.05) is 26.2 Å². The monoisotopic (exact) mass is 339 g/mol. The highest BCUT2D eigenvalue weighted by atomic mass is 16.5. The molecule has 0 aromatic heterocycles. The number of carbonyl (C=O) groups excluding carboxylic acids is 2. The number of nitrogens with zero attached hydrogens (tertiary/aromatic N) is 1. The topological polar surface area (TPSA) is 66.8 Å². The SMILES string of the molecule is CCN(CC)CCOc1ccc2c(c1O)C(=O)c1ccccc1C2=O. The van der Waals surface area contributed by atoms with E-state index in [2.05, 4.69) is 18.7 Å². The number of fused-ring (bicyclic) bond motifs is 2. The summed E-state index contributed by atoms with van der Waals surface area (Å²) in [6, 6.07) is 9.76. The number of benzene rings is 2. The van der Waals surface area contributed by atoms with E-state index in [9.17, 15) is 14.7 Å². The summed E-state index contributed by atoms with van der Waals surface area (Å²) in [5.41, 5.74) is 0.937. The molecule has 0 heterocycles. The van der Waals surface area contributed by atoms with Gasteiger partial charge in [0.1, 0.15) is 6.61 Å². The van der Waals surface area contributed by atoms with Crippen LogP contribution in [0.3, 0.4) is 0 Å². The van der Waals surface area contributed by atoms with Gasteiger partial charge in [0.15, 0.2) is 23.1 Å². The van der Waals surface area contributed by atoms with Crippen LogP contribution in [-0.2, 0) is 0 Å². The minimum atomic E-state index is -0.350. The lowest BCUT2D eigenvalue weighted by atomic mass is 9.83. The first-order valence-electron chi connectivity index (χ1n) is 8.48. The number of ether oxygens (including phenoxy) is 1. The van der Waals surface area contributed by atoms with E-state index in [1.165, 1.54) is 0 Å². The van der Waals surface area contributed by atoms with E-state index in [1.807, 2.05) is 0 Å². The molecule has 2 aromatic rings. The Hall–Kier alpha value is -2.66. The summed E-state index contributed by atoms with van der Waals surface area (Å²) in [6.07, 6.45) is 0.